The molecule has 1 fully saturated rings. The van der Waals surface area contributed by atoms with E-state index in [0.29, 0.717) is 32.5 Å². The first-order valence-electron chi connectivity index (χ1n) is 9.27. The predicted octanol–water partition coefficient (Wildman–Crippen LogP) is 2.91. The fourth-order valence-corrected chi connectivity index (χ4v) is 3.30. The van der Waals surface area contributed by atoms with Gasteiger partial charge >= 0.3 is 5.97 Å². The molecule has 1 N–H and O–H groups in total. The number of carbonyl (C=O) groups is 2. The third kappa shape index (κ3) is 5.09. The SMILES string of the molecule is Cc1cccc(OCCCC(=O)N2CCC(n3cc(C(=O)O)cn3)CC2)c1. The van der Waals surface area contributed by atoms with Crippen molar-refractivity contribution in [3.8, 4) is 5.75 Å². The zero-order valence-corrected chi connectivity index (χ0v) is 15.5. The van der Waals surface area contributed by atoms with E-state index < -0.39 is 5.97 Å². The number of nitrogens with zero attached hydrogens (tertiary/aromatic N) is 3. The van der Waals surface area contributed by atoms with Crippen molar-refractivity contribution >= 4 is 11.9 Å². The molecule has 3 rings (SSSR count). The highest BCUT2D eigenvalue weighted by Crippen LogP contribution is 2.23. The van der Waals surface area contributed by atoms with Crippen molar-refractivity contribution in [3.05, 3.63) is 47.8 Å². The van der Waals surface area contributed by atoms with Gasteiger partial charge < -0.3 is 14.7 Å². The van der Waals surface area contributed by atoms with Crippen molar-refractivity contribution in [3.63, 3.8) is 0 Å². The minimum Gasteiger partial charge on any atom is -0.494 e. The van der Waals surface area contributed by atoms with Crippen molar-refractivity contribution in [2.24, 2.45) is 0 Å². The monoisotopic (exact) mass is 371 g/mol. The van der Waals surface area contributed by atoms with Gasteiger partial charge in [-0.15, -0.1) is 0 Å². The number of carboxylic acid groups (broad SMARTS) is 1. The van der Waals surface area contributed by atoms with E-state index in [1.54, 1.807) is 10.9 Å². The second kappa shape index (κ2) is 8.70. The maximum Gasteiger partial charge on any atom is 0.338 e. The maximum absolute atomic E-state index is 12.4. The van der Waals surface area contributed by atoms with Gasteiger partial charge in [-0.2, -0.15) is 5.10 Å². The van der Waals surface area contributed by atoms with Crippen molar-refractivity contribution < 1.29 is 19.4 Å². The summed E-state index contributed by atoms with van der Waals surface area (Å²) in [7, 11) is 0. The van der Waals surface area contributed by atoms with Crippen LogP contribution in [0.1, 0.15) is 47.6 Å². The fraction of sp³-hybridized carbons (Fsp3) is 0.450. The molecule has 1 saturated heterocycles. The molecule has 1 aliphatic heterocycles. The summed E-state index contributed by atoms with van der Waals surface area (Å²) < 4.78 is 7.40. The number of piperidine rings is 1. The van der Waals surface area contributed by atoms with Crippen LogP contribution in [0.4, 0.5) is 0 Å². The lowest BCUT2D eigenvalue weighted by molar-refractivity contribution is -0.132. The van der Waals surface area contributed by atoms with E-state index in [0.717, 1.165) is 24.2 Å². The van der Waals surface area contributed by atoms with E-state index in [2.05, 4.69) is 5.10 Å². The standard InChI is InChI=1S/C20H25N3O4/c1-15-4-2-5-18(12-15)27-11-3-6-19(24)22-9-7-17(8-10-22)23-14-16(13-21-23)20(25)26/h2,4-5,12-14,17H,3,6-11H2,1H3,(H,25,26). The molecular formula is C20H25N3O4. The van der Waals surface area contributed by atoms with Crippen LogP contribution in [0.15, 0.2) is 36.7 Å². The average Bonchev–Trinajstić information content (AvgIpc) is 3.16. The lowest BCUT2D eigenvalue weighted by Gasteiger charge is -2.32. The van der Waals surface area contributed by atoms with Crippen LogP contribution in [0.2, 0.25) is 0 Å². The fourth-order valence-electron chi connectivity index (χ4n) is 3.30. The lowest BCUT2D eigenvalue weighted by atomic mass is 10.0. The predicted molar refractivity (Wildman–Crippen MR) is 99.9 cm³/mol. The largest absolute Gasteiger partial charge is 0.494 e. The molecule has 0 aliphatic carbocycles. The lowest BCUT2D eigenvalue weighted by Crippen LogP contribution is -2.39. The van der Waals surface area contributed by atoms with Crippen molar-refractivity contribution in [2.75, 3.05) is 19.7 Å². The number of likely N-dealkylation sites (tertiary alicyclic amines) is 1. The van der Waals surface area contributed by atoms with E-state index >= 15 is 0 Å². The van der Waals surface area contributed by atoms with Crippen LogP contribution in [0.5, 0.6) is 5.75 Å². The molecule has 144 valence electrons. The second-order valence-electron chi connectivity index (χ2n) is 6.89. The van der Waals surface area contributed by atoms with Crippen LogP contribution in [-0.2, 0) is 4.79 Å². The highest BCUT2D eigenvalue weighted by Gasteiger charge is 2.24. The molecule has 2 heterocycles. The number of carbonyl (C=O) groups excluding carboxylic acids is 1. The van der Waals surface area contributed by atoms with E-state index in [4.69, 9.17) is 9.84 Å². The number of ether oxygens (including phenoxy) is 1. The number of carboxylic acids is 1. The van der Waals surface area contributed by atoms with Gasteiger partial charge in [-0.25, -0.2) is 4.79 Å². The smallest absolute Gasteiger partial charge is 0.338 e. The van der Waals surface area contributed by atoms with E-state index in [1.165, 1.54) is 6.20 Å². The molecule has 0 bridgehead atoms. The third-order valence-electron chi connectivity index (χ3n) is 4.83. The number of aromatic carboxylic acids is 1. The number of amides is 1. The Hall–Kier alpha value is -2.83. The molecule has 0 spiro atoms. The Kier molecular flexibility index (Phi) is 6.11. The Bertz CT molecular complexity index is 794. The van der Waals surface area contributed by atoms with Crippen LogP contribution in [0.3, 0.4) is 0 Å². The van der Waals surface area contributed by atoms with Crippen molar-refractivity contribution in [1.29, 1.82) is 0 Å². The van der Waals surface area contributed by atoms with Crippen LogP contribution in [-0.4, -0.2) is 51.4 Å². The van der Waals surface area contributed by atoms with Gasteiger partial charge in [0.2, 0.25) is 5.91 Å². The van der Waals surface area contributed by atoms with Crippen LogP contribution in [0, 0.1) is 6.92 Å². The molecule has 1 amide bonds. The van der Waals surface area contributed by atoms with Gasteiger partial charge in [0.15, 0.2) is 0 Å². The molecule has 1 aromatic carbocycles. The molecule has 1 aromatic heterocycles. The summed E-state index contributed by atoms with van der Waals surface area (Å²) in [5.74, 6) is 0.0120. The Balaban J connectivity index is 1.38. The summed E-state index contributed by atoms with van der Waals surface area (Å²) in [6.45, 7) is 3.89. The average molecular weight is 371 g/mol. The Morgan fingerprint density at radius 3 is 2.74 bits per heavy atom. The van der Waals surface area contributed by atoms with Gasteiger partial charge in [-0.1, -0.05) is 12.1 Å². The molecule has 0 radical (unpaired) electrons. The quantitative estimate of drug-likeness (QED) is 0.757. The number of benzene rings is 1. The normalized spacial score (nSPS) is 14.9. The zero-order valence-electron chi connectivity index (χ0n) is 15.5. The zero-order chi connectivity index (χ0) is 19.2. The minimum atomic E-state index is -0.971. The Morgan fingerprint density at radius 2 is 2.07 bits per heavy atom. The summed E-state index contributed by atoms with van der Waals surface area (Å²) in [5.41, 5.74) is 1.35. The molecule has 0 saturated carbocycles. The summed E-state index contributed by atoms with van der Waals surface area (Å²) in [5, 5.41) is 13.1. The van der Waals surface area contributed by atoms with E-state index in [-0.39, 0.29) is 17.5 Å². The molecular weight excluding hydrogens is 346 g/mol. The van der Waals surface area contributed by atoms with Gasteiger partial charge in [0.1, 0.15) is 5.75 Å². The highest BCUT2D eigenvalue weighted by atomic mass is 16.5. The van der Waals surface area contributed by atoms with Gasteiger partial charge in [0, 0.05) is 25.7 Å². The first-order valence-corrected chi connectivity index (χ1v) is 9.27. The van der Waals surface area contributed by atoms with Gasteiger partial charge in [0.25, 0.3) is 0 Å². The molecule has 0 unspecified atom stereocenters. The summed E-state index contributed by atoms with van der Waals surface area (Å²) in [6, 6.07) is 8.03. The first kappa shape index (κ1) is 18.9. The number of hydrogen-bond acceptors (Lipinski definition) is 4. The van der Waals surface area contributed by atoms with Gasteiger partial charge in [0.05, 0.1) is 24.4 Å². The Morgan fingerprint density at radius 1 is 1.30 bits per heavy atom. The second-order valence-corrected chi connectivity index (χ2v) is 6.89. The molecule has 7 nitrogen and oxygen atoms in total. The summed E-state index contributed by atoms with van der Waals surface area (Å²) in [6.07, 6.45) is 5.66. The molecule has 27 heavy (non-hydrogen) atoms. The Labute approximate surface area is 158 Å². The van der Waals surface area contributed by atoms with Crippen molar-refractivity contribution in [2.45, 2.75) is 38.6 Å². The first-order chi connectivity index (χ1) is 13.0. The topological polar surface area (TPSA) is 84.7 Å². The number of rotatable bonds is 7. The maximum atomic E-state index is 12.4. The molecule has 0 atom stereocenters. The number of aryl methyl sites for hydroxylation is 1. The third-order valence-corrected chi connectivity index (χ3v) is 4.83. The van der Waals surface area contributed by atoms with Crippen molar-refractivity contribution in [1.82, 2.24) is 14.7 Å². The number of hydrogen-bond donors (Lipinski definition) is 1. The van der Waals surface area contributed by atoms with Gasteiger partial charge in [-0.05, 0) is 43.9 Å². The van der Waals surface area contributed by atoms with Crippen LogP contribution in [0.25, 0.3) is 0 Å². The molecule has 2 aromatic rings. The highest BCUT2D eigenvalue weighted by molar-refractivity contribution is 5.86. The number of aromatic nitrogens is 2. The summed E-state index contributed by atoms with van der Waals surface area (Å²) >= 11 is 0. The van der Waals surface area contributed by atoms with E-state index in [9.17, 15) is 9.59 Å². The van der Waals surface area contributed by atoms with Crippen LogP contribution >= 0.6 is 0 Å². The van der Waals surface area contributed by atoms with E-state index in [1.807, 2.05) is 36.1 Å². The molecule has 7 heteroatoms. The van der Waals surface area contributed by atoms with Gasteiger partial charge in [-0.3, -0.25) is 9.48 Å². The van der Waals surface area contributed by atoms with Crippen LogP contribution < -0.4 is 4.74 Å². The molecule has 1 aliphatic rings. The summed E-state index contributed by atoms with van der Waals surface area (Å²) in [4.78, 5) is 25.2. The minimum absolute atomic E-state index is 0.145.